The van der Waals surface area contributed by atoms with Crippen LogP contribution in [0.15, 0.2) is 0 Å². The Morgan fingerprint density at radius 2 is 1.70 bits per heavy atom. The molecule has 0 spiro atoms. The van der Waals surface area contributed by atoms with E-state index in [9.17, 15) is 9.90 Å². The minimum absolute atomic E-state index is 0.285. The molecule has 4 nitrogen and oxygen atoms in total. The van der Waals surface area contributed by atoms with E-state index in [2.05, 4.69) is 31.0 Å². The van der Waals surface area contributed by atoms with Crippen LogP contribution in [0.4, 0.5) is 0 Å². The summed E-state index contributed by atoms with van der Waals surface area (Å²) in [6.45, 7) is 13.1. The van der Waals surface area contributed by atoms with Crippen molar-refractivity contribution in [3.63, 3.8) is 0 Å². The van der Waals surface area contributed by atoms with E-state index in [1.807, 2.05) is 6.92 Å². The zero-order valence-electron chi connectivity index (χ0n) is 14.0. The molecule has 0 amide bonds. The van der Waals surface area contributed by atoms with Crippen LogP contribution in [0, 0.1) is 0 Å². The summed E-state index contributed by atoms with van der Waals surface area (Å²) in [6.07, 6.45) is 5.36. The molecule has 2 atom stereocenters. The Morgan fingerprint density at radius 3 is 2.05 bits per heavy atom. The van der Waals surface area contributed by atoms with Crippen molar-refractivity contribution in [1.29, 1.82) is 0 Å². The van der Waals surface area contributed by atoms with E-state index < -0.39 is 11.5 Å². The second kappa shape index (κ2) is 10.2. The highest BCUT2D eigenvalue weighted by Gasteiger charge is 2.34. The number of carboxylic acid groups (broad SMARTS) is 1. The second-order valence-electron chi connectivity index (χ2n) is 5.96. The fourth-order valence-corrected chi connectivity index (χ4v) is 2.62. The van der Waals surface area contributed by atoms with Crippen LogP contribution in [0.2, 0.25) is 0 Å². The first kappa shape index (κ1) is 19.4. The van der Waals surface area contributed by atoms with E-state index in [0.717, 1.165) is 13.1 Å². The molecule has 0 aliphatic carbocycles. The number of carboxylic acids is 1. The Bertz CT molecular complexity index is 263. The van der Waals surface area contributed by atoms with Gasteiger partial charge < -0.3 is 15.3 Å². The van der Waals surface area contributed by atoms with Crippen LogP contribution in [-0.2, 0) is 4.79 Å². The van der Waals surface area contributed by atoms with E-state index in [1.54, 1.807) is 6.92 Å². The van der Waals surface area contributed by atoms with Gasteiger partial charge >= 0.3 is 5.97 Å². The van der Waals surface area contributed by atoms with Gasteiger partial charge in [-0.15, -0.1) is 0 Å². The van der Waals surface area contributed by atoms with Crippen LogP contribution >= 0.6 is 0 Å². The largest absolute Gasteiger partial charge is 0.480 e. The third kappa shape index (κ3) is 6.71. The van der Waals surface area contributed by atoms with Crippen molar-refractivity contribution >= 4 is 5.97 Å². The molecular weight excluding hydrogens is 252 g/mol. The number of aliphatic carboxylic acids is 1. The van der Waals surface area contributed by atoms with Crippen LogP contribution in [0.5, 0.6) is 0 Å². The molecule has 0 aliphatic heterocycles. The molecule has 0 saturated carbocycles. The van der Waals surface area contributed by atoms with Crippen molar-refractivity contribution in [3.8, 4) is 0 Å². The molecule has 2 unspecified atom stereocenters. The fourth-order valence-electron chi connectivity index (χ4n) is 2.62. The number of hydrogen-bond acceptors (Lipinski definition) is 3. The van der Waals surface area contributed by atoms with Crippen molar-refractivity contribution in [3.05, 3.63) is 0 Å². The van der Waals surface area contributed by atoms with Gasteiger partial charge in [0.25, 0.3) is 0 Å². The van der Waals surface area contributed by atoms with Gasteiger partial charge in [0, 0.05) is 6.04 Å². The van der Waals surface area contributed by atoms with E-state index in [-0.39, 0.29) is 6.04 Å². The van der Waals surface area contributed by atoms with Crippen LogP contribution in [0.3, 0.4) is 0 Å². The first-order valence-corrected chi connectivity index (χ1v) is 8.13. The van der Waals surface area contributed by atoms with Crippen LogP contribution in [0.25, 0.3) is 0 Å². The molecule has 0 radical (unpaired) electrons. The third-order valence-electron chi connectivity index (χ3n) is 3.96. The summed E-state index contributed by atoms with van der Waals surface area (Å²) in [4.78, 5) is 14.0. The first-order valence-electron chi connectivity index (χ1n) is 8.13. The SMILES string of the molecule is CCCCN(CCCC)C(C)CC(C)(NCC)C(=O)O. The summed E-state index contributed by atoms with van der Waals surface area (Å²) in [6, 6.07) is 0.285. The van der Waals surface area contributed by atoms with Gasteiger partial charge in [0.15, 0.2) is 0 Å². The summed E-state index contributed by atoms with van der Waals surface area (Å²) < 4.78 is 0. The van der Waals surface area contributed by atoms with Crippen molar-refractivity contribution < 1.29 is 9.90 Å². The molecule has 0 heterocycles. The topological polar surface area (TPSA) is 52.6 Å². The number of hydrogen-bond donors (Lipinski definition) is 2. The molecule has 2 N–H and O–H groups in total. The quantitative estimate of drug-likeness (QED) is 0.579. The van der Waals surface area contributed by atoms with Crippen molar-refractivity contribution in [2.45, 2.75) is 78.3 Å². The Balaban J connectivity index is 4.67. The Kier molecular flexibility index (Phi) is 9.86. The maximum absolute atomic E-state index is 11.5. The Labute approximate surface area is 124 Å². The number of carbonyl (C=O) groups is 1. The van der Waals surface area contributed by atoms with E-state index in [1.165, 1.54) is 25.7 Å². The number of rotatable bonds is 12. The monoisotopic (exact) mass is 286 g/mol. The van der Waals surface area contributed by atoms with Gasteiger partial charge in [0.05, 0.1) is 0 Å². The molecule has 0 rings (SSSR count). The smallest absolute Gasteiger partial charge is 0.323 e. The lowest BCUT2D eigenvalue weighted by Crippen LogP contribution is -2.53. The molecule has 4 heteroatoms. The minimum atomic E-state index is -0.829. The molecule has 0 fully saturated rings. The summed E-state index contributed by atoms with van der Waals surface area (Å²) in [5, 5.41) is 12.6. The van der Waals surface area contributed by atoms with Gasteiger partial charge in [-0.05, 0) is 52.7 Å². The molecule has 0 aliphatic rings. The van der Waals surface area contributed by atoms with E-state index in [0.29, 0.717) is 13.0 Å². The highest BCUT2D eigenvalue weighted by molar-refractivity contribution is 5.78. The molecular formula is C16H34N2O2. The summed E-state index contributed by atoms with van der Waals surface area (Å²) in [5.74, 6) is -0.753. The zero-order valence-corrected chi connectivity index (χ0v) is 14.0. The molecule has 20 heavy (non-hydrogen) atoms. The predicted molar refractivity (Wildman–Crippen MR) is 85.2 cm³/mol. The minimum Gasteiger partial charge on any atom is -0.480 e. The lowest BCUT2D eigenvalue weighted by atomic mass is 9.92. The van der Waals surface area contributed by atoms with E-state index in [4.69, 9.17) is 0 Å². The van der Waals surface area contributed by atoms with Gasteiger partial charge in [0.1, 0.15) is 5.54 Å². The first-order chi connectivity index (χ1) is 9.41. The fraction of sp³-hybridized carbons (Fsp3) is 0.938. The summed E-state index contributed by atoms with van der Waals surface area (Å²) in [5.41, 5.74) is -0.829. The molecule has 0 aromatic rings. The van der Waals surface area contributed by atoms with Gasteiger partial charge in [-0.2, -0.15) is 0 Å². The van der Waals surface area contributed by atoms with E-state index >= 15 is 0 Å². The predicted octanol–water partition coefficient (Wildman–Crippen LogP) is 3.12. The maximum atomic E-state index is 11.5. The van der Waals surface area contributed by atoms with Crippen LogP contribution in [0.1, 0.15) is 66.7 Å². The Hall–Kier alpha value is -0.610. The van der Waals surface area contributed by atoms with Crippen LogP contribution in [-0.4, -0.2) is 47.2 Å². The Morgan fingerprint density at radius 1 is 1.20 bits per heavy atom. The molecule has 0 aromatic heterocycles. The second-order valence-corrected chi connectivity index (χ2v) is 5.96. The standard InChI is InChI=1S/C16H34N2O2/c1-6-9-11-18(12-10-7-2)14(4)13-16(5,15(19)20)17-8-3/h14,17H,6-13H2,1-5H3,(H,19,20). The molecule has 0 bridgehead atoms. The number of nitrogens with one attached hydrogen (secondary N) is 1. The van der Waals surface area contributed by atoms with Gasteiger partial charge in [-0.25, -0.2) is 0 Å². The lowest BCUT2D eigenvalue weighted by Gasteiger charge is -2.35. The highest BCUT2D eigenvalue weighted by Crippen LogP contribution is 2.18. The highest BCUT2D eigenvalue weighted by atomic mass is 16.4. The normalized spacial score (nSPS) is 16.1. The van der Waals surface area contributed by atoms with Gasteiger partial charge in [0.2, 0.25) is 0 Å². The molecule has 120 valence electrons. The number of nitrogens with zero attached hydrogens (tertiary/aromatic N) is 1. The zero-order chi connectivity index (χ0) is 15.6. The van der Waals surface area contributed by atoms with Crippen molar-refractivity contribution in [2.75, 3.05) is 19.6 Å². The average molecular weight is 286 g/mol. The van der Waals surface area contributed by atoms with Crippen LogP contribution < -0.4 is 5.32 Å². The third-order valence-corrected chi connectivity index (χ3v) is 3.96. The van der Waals surface area contributed by atoms with Gasteiger partial charge in [-0.1, -0.05) is 33.6 Å². The van der Waals surface area contributed by atoms with Gasteiger partial charge in [-0.3, -0.25) is 4.79 Å². The lowest BCUT2D eigenvalue weighted by molar-refractivity contribution is -0.145. The van der Waals surface area contributed by atoms with Crippen molar-refractivity contribution in [2.24, 2.45) is 0 Å². The maximum Gasteiger partial charge on any atom is 0.323 e. The summed E-state index contributed by atoms with van der Waals surface area (Å²) >= 11 is 0. The molecule has 0 aromatic carbocycles. The molecule has 0 saturated heterocycles. The van der Waals surface area contributed by atoms with Crippen molar-refractivity contribution in [1.82, 2.24) is 10.2 Å². The average Bonchev–Trinajstić information content (AvgIpc) is 2.38. The summed E-state index contributed by atoms with van der Waals surface area (Å²) in [7, 11) is 0. The number of likely N-dealkylation sites (N-methyl/N-ethyl adjacent to an activating group) is 1. The number of unbranched alkanes of at least 4 members (excludes halogenated alkanes) is 2.